The van der Waals surface area contributed by atoms with Crippen LogP contribution < -0.4 is 0 Å². The minimum atomic E-state index is 1.23. The molecule has 0 saturated carbocycles. The van der Waals surface area contributed by atoms with Crippen molar-refractivity contribution in [1.82, 2.24) is 0 Å². The lowest BCUT2D eigenvalue weighted by molar-refractivity contribution is 1.53. The highest BCUT2D eigenvalue weighted by molar-refractivity contribution is 5.69. The van der Waals surface area contributed by atoms with E-state index in [-0.39, 0.29) is 0 Å². The first-order valence-electron chi connectivity index (χ1n) is 5.18. The summed E-state index contributed by atoms with van der Waals surface area (Å²) in [6.07, 6.45) is 4.24. The Labute approximate surface area is 108 Å². The average Bonchev–Trinajstić information content (AvgIpc) is 2.51. The van der Waals surface area contributed by atoms with Crippen molar-refractivity contribution in [3.05, 3.63) is 84.9 Å². The summed E-state index contributed by atoms with van der Waals surface area (Å²) in [5.41, 5.74) is 2.47. The Morgan fingerprint density at radius 3 is 1.11 bits per heavy atom. The Hall–Kier alpha value is -2.84. The number of rotatable bonds is 2. The summed E-state index contributed by atoms with van der Waals surface area (Å²) in [5, 5.41) is 12.5. The molecular formula is C16H12N2-2. The minimum Gasteiger partial charge on any atom is -0.512 e. The van der Waals surface area contributed by atoms with Gasteiger partial charge in [-0.25, -0.2) is 0 Å². The third-order valence-corrected chi connectivity index (χ3v) is 2.07. The number of hydrogen-bond donors (Lipinski definition) is 0. The lowest BCUT2D eigenvalue weighted by Crippen LogP contribution is -1.70. The molecule has 0 heterocycles. The Bertz CT molecular complexity index is 434. The third-order valence-electron chi connectivity index (χ3n) is 2.07. The monoisotopic (exact) mass is 232 g/mol. The van der Waals surface area contributed by atoms with Crippen LogP contribution >= 0.6 is 0 Å². The van der Waals surface area contributed by atoms with Crippen molar-refractivity contribution in [3.8, 4) is 0 Å². The van der Waals surface area contributed by atoms with Gasteiger partial charge in [-0.05, 0) is 11.1 Å². The summed E-state index contributed by atoms with van der Waals surface area (Å²) in [5.74, 6) is 0. The van der Waals surface area contributed by atoms with Gasteiger partial charge in [-0.1, -0.05) is 72.8 Å². The molecule has 0 unspecified atom stereocenters. The summed E-state index contributed by atoms with van der Waals surface area (Å²) in [6, 6.07) is 20.6. The topological polar surface area (TPSA) is 47.6 Å². The first-order valence-corrected chi connectivity index (χ1v) is 5.18. The average molecular weight is 232 g/mol. The molecule has 0 atom stereocenters. The molecule has 88 valence electrons. The summed E-state index contributed by atoms with van der Waals surface area (Å²) in [6.45, 7) is 9.50. The van der Waals surface area contributed by atoms with E-state index in [0.717, 1.165) is 0 Å². The van der Waals surface area contributed by atoms with Gasteiger partial charge in [0, 0.05) is 0 Å². The summed E-state index contributed by atoms with van der Waals surface area (Å²) in [7, 11) is 0. The van der Waals surface area contributed by atoms with Gasteiger partial charge in [-0.2, -0.15) is 0 Å². The van der Waals surface area contributed by atoms with Crippen LogP contribution in [0.25, 0.3) is 12.2 Å². The maximum Gasteiger partial charge on any atom is -0.0256 e. The van der Waals surface area contributed by atoms with Crippen molar-refractivity contribution < 1.29 is 0 Å². The van der Waals surface area contributed by atoms with E-state index in [9.17, 15) is 0 Å². The van der Waals surface area contributed by atoms with Gasteiger partial charge >= 0.3 is 0 Å². The number of hydrogen-bond acceptors (Lipinski definition) is 2. The van der Waals surface area contributed by atoms with Gasteiger partial charge in [0.25, 0.3) is 0 Å². The van der Waals surface area contributed by atoms with Gasteiger partial charge in [0.15, 0.2) is 0 Å². The van der Waals surface area contributed by atoms with Crippen molar-refractivity contribution in [3.63, 3.8) is 0 Å². The van der Waals surface area contributed by atoms with Gasteiger partial charge in [-0.3, -0.25) is 0 Å². The Morgan fingerprint density at radius 2 is 0.833 bits per heavy atom. The zero-order valence-electron chi connectivity index (χ0n) is 9.82. The van der Waals surface area contributed by atoms with Gasteiger partial charge in [0.05, 0.1) is 0 Å². The molecule has 0 amide bonds. The van der Waals surface area contributed by atoms with Gasteiger partial charge in [0.1, 0.15) is 0 Å². The third kappa shape index (κ3) is 5.90. The van der Waals surface area contributed by atoms with Crippen molar-refractivity contribution in [1.29, 1.82) is 10.5 Å². The lowest BCUT2D eigenvalue weighted by atomic mass is 10.1. The molecule has 0 bridgehead atoms. The van der Waals surface area contributed by atoms with Crippen molar-refractivity contribution in [2.24, 2.45) is 0 Å². The predicted molar refractivity (Wildman–Crippen MR) is 71.7 cm³/mol. The number of nitrogens with zero attached hydrogens (tertiary/aromatic N) is 2. The molecule has 2 rings (SSSR count). The molecule has 18 heavy (non-hydrogen) atoms. The molecule has 2 heteroatoms. The minimum absolute atomic E-state index is 1.23. The fourth-order valence-electron chi connectivity index (χ4n) is 1.32. The molecule has 0 aliphatic rings. The van der Waals surface area contributed by atoms with Gasteiger partial charge in [-0.15, -0.1) is 0 Å². The van der Waals surface area contributed by atoms with Crippen LogP contribution in [-0.4, -0.2) is 0 Å². The Balaban J connectivity index is 0.000000659. The molecule has 2 aromatic rings. The molecule has 2 nitrogen and oxygen atoms in total. The maximum absolute atomic E-state index is 6.25. The van der Waals surface area contributed by atoms with Crippen LogP contribution in [-0.2, 0) is 0 Å². The zero-order valence-corrected chi connectivity index (χ0v) is 9.82. The van der Waals surface area contributed by atoms with Crippen LogP contribution in [0, 0.1) is 23.7 Å². The van der Waals surface area contributed by atoms with E-state index in [1.807, 2.05) is 36.4 Å². The van der Waals surface area contributed by atoms with Crippen LogP contribution in [0.3, 0.4) is 0 Å². The van der Waals surface area contributed by atoms with E-state index in [1.165, 1.54) is 11.1 Å². The SMILES string of the molecule is C(=Cc1ccccc1)c1ccccc1.[C-]#N.[C-]#N. The van der Waals surface area contributed by atoms with Crippen LogP contribution in [0.1, 0.15) is 11.1 Å². The van der Waals surface area contributed by atoms with E-state index in [4.69, 9.17) is 23.7 Å². The molecule has 0 radical (unpaired) electrons. The van der Waals surface area contributed by atoms with Crippen molar-refractivity contribution in [2.75, 3.05) is 0 Å². The summed E-state index contributed by atoms with van der Waals surface area (Å²) in [4.78, 5) is 0. The van der Waals surface area contributed by atoms with E-state index in [0.29, 0.717) is 0 Å². The Kier molecular flexibility index (Phi) is 8.99. The second kappa shape index (κ2) is 10.7. The predicted octanol–water partition coefficient (Wildman–Crippen LogP) is 4.05. The van der Waals surface area contributed by atoms with Crippen LogP contribution in [0.5, 0.6) is 0 Å². The highest BCUT2D eigenvalue weighted by Crippen LogP contribution is 2.06. The molecule has 2 aromatic carbocycles. The lowest BCUT2D eigenvalue weighted by Gasteiger charge is -1.92. The fraction of sp³-hybridized carbons (Fsp3) is 0. The normalized spacial score (nSPS) is 8.44. The molecule has 0 spiro atoms. The van der Waals surface area contributed by atoms with E-state index in [2.05, 4.69) is 36.4 Å². The van der Waals surface area contributed by atoms with Crippen LogP contribution in [0.2, 0.25) is 0 Å². The van der Waals surface area contributed by atoms with Crippen molar-refractivity contribution >= 4 is 12.2 Å². The molecule has 0 N–H and O–H groups in total. The maximum atomic E-state index is 6.25. The second-order valence-electron chi connectivity index (χ2n) is 3.15. The quantitative estimate of drug-likeness (QED) is 0.579. The molecule has 0 aliphatic carbocycles. The van der Waals surface area contributed by atoms with E-state index in [1.54, 1.807) is 0 Å². The number of benzene rings is 2. The van der Waals surface area contributed by atoms with Gasteiger partial charge < -0.3 is 23.7 Å². The van der Waals surface area contributed by atoms with E-state index >= 15 is 0 Å². The first kappa shape index (κ1) is 15.2. The molecular weight excluding hydrogens is 220 g/mol. The highest BCUT2D eigenvalue weighted by atomic mass is 14.2. The summed E-state index contributed by atoms with van der Waals surface area (Å²) >= 11 is 0. The fourth-order valence-corrected chi connectivity index (χ4v) is 1.32. The molecule has 0 saturated heterocycles. The van der Waals surface area contributed by atoms with Crippen LogP contribution in [0.4, 0.5) is 0 Å². The highest BCUT2D eigenvalue weighted by Gasteiger charge is 1.84. The molecule has 0 fully saturated rings. The zero-order chi connectivity index (χ0) is 13.6. The van der Waals surface area contributed by atoms with Crippen molar-refractivity contribution in [2.45, 2.75) is 0 Å². The molecule has 0 aliphatic heterocycles. The largest absolute Gasteiger partial charge is 0.512 e. The van der Waals surface area contributed by atoms with E-state index < -0.39 is 0 Å². The summed E-state index contributed by atoms with van der Waals surface area (Å²) < 4.78 is 0. The smallest absolute Gasteiger partial charge is 0.0256 e. The second-order valence-corrected chi connectivity index (χ2v) is 3.15. The molecule has 0 aromatic heterocycles. The van der Waals surface area contributed by atoms with Crippen LogP contribution in [0.15, 0.2) is 60.7 Å². The standard InChI is InChI=1S/C14H12.2CN/c1-3-7-13(8-4-1)11-12-14-9-5-2-6-10-14;2*1-2/h1-12H;;/q;2*-1. The van der Waals surface area contributed by atoms with Gasteiger partial charge in [0.2, 0.25) is 0 Å². The Morgan fingerprint density at radius 1 is 0.556 bits per heavy atom. The first-order chi connectivity index (χ1) is 8.95.